The summed E-state index contributed by atoms with van der Waals surface area (Å²) in [7, 11) is 1.73. The van der Waals surface area contributed by atoms with Crippen LogP contribution in [0.3, 0.4) is 0 Å². The van der Waals surface area contributed by atoms with Gasteiger partial charge in [-0.25, -0.2) is 0 Å². The molecule has 2 aliphatic rings. The van der Waals surface area contributed by atoms with Gasteiger partial charge < -0.3 is 14.5 Å². The van der Waals surface area contributed by atoms with E-state index in [1.807, 2.05) is 12.1 Å². The van der Waals surface area contributed by atoms with E-state index in [4.69, 9.17) is 4.74 Å². The van der Waals surface area contributed by atoms with Crippen molar-refractivity contribution in [1.29, 1.82) is 0 Å². The van der Waals surface area contributed by atoms with Crippen molar-refractivity contribution in [2.45, 2.75) is 51.0 Å². The average molecular weight is 330 g/mol. The number of ether oxygens (including phenoxy) is 1. The van der Waals surface area contributed by atoms with Gasteiger partial charge in [-0.05, 0) is 69.2 Å². The molecule has 0 saturated carbocycles. The summed E-state index contributed by atoms with van der Waals surface area (Å²) in [4.78, 5) is 17.4. The molecule has 4 heteroatoms. The molecule has 3 rings (SSSR count). The number of carbonyl (C=O) groups excluding carboxylic acids is 1. The van der Waals surface area contributed by atoms with Gasteiger partial charge in [0.2, 0.25) is 0 Å². The van der Waals surface area contributed by atoms with Crippen LogP contribution in [0.2, 0.25) is 0 Å². The third-order valence-corrected chi connectivity index (χ3v) is 5.38. The Morgan fingerprint density at radius 3 is 2.46 bits per heavy atom. The molecular formula is C20H30N2O2. The third-order valence-electron chi connectivity index (χ3n) is 5.38. The summed E-state index contributed by atoms with van der Waals surface area (Å²) in [6.45, 7) is 3.88. The predicted molar refractivity (Wildman–Crippen MR) is 97.7 cm³/mol. The highest BCUT2D eigenvalue weighted by Crippen LogP contribution is 2.24. The fraction of sp³-hybridized carbons (Fsp3) is 0.650. The van der Waals surface area contributed by atoms with E-state index in [1.54, 1.807) is 7.11 Å². The molecule has 2 heterocycles. The van der Waals surface area contributed by atoms with E-state index in [0.29, 0.717) is 6.04 Å². The average Bonchev–Trinajstić information content (AvgIpc) is 2.67. The molecule has 0 radical (unpaired) electrons. The van der Waals surface area contributed by atoms with Crippen LogP contribution in [0.5, 0.6) is 0 Å². The highest BCUT2D eigenvalue weighted by atomic mass is 16.5. The van der Waals surface area contributed by atoms with E-state index in [-0.39, 0.29) is 5.91 Å². The standard InChI is InChI=1S/C20H30N2O2/c1-24-16-12-19-7-3-6-15-22(19)20(23)17-8-10-18(11-9-17)21-13-4-2-5-14-21/h8-11,19H,2-7,12-16H2,1H3/t19-/m1/s1. The molecule has 1 aromatic carbocycles. The zero-order chi connectivity index (χ0) is 16.8. The number of likely N-dealkylation sites (tertiary alicyclic amines) is 1. The minimum Gasteiger partial charge on any atom is -0.385 e. The summed E-state index contributed by atoms with van der Waals surface area (Å²) in [6.07, 6.45) is 8.25. The molecule has 1 atom stereocenters. The molecule has 0 aromatic heterocycles. The van der Waals surface area contributed by atoms with Crippen molar-refractivity contribution in [3.63, 3.8) is 0 Å². The summed E-state index contributed by atoms with van der Waals surface area (Å²) < 4.78 is 5.22. The lowest BCUT2D eigenvalue weighted by Gasteiger charge is -2.36. The number of piperidine rings is 2. The highest BCUT2D eigenvalue weighted by Gasteiger charge is 2.27. The lowest BCUT2D eigenvalue weighted by Crippen LogP contribution is -2.44. The molecule has 2 saturated heterocycles. The Morgan fingerprint density at radius 2 is 1.75 bits per heavy atom. The molecule has 1 aromatic rings. The Labute approximate surface area is 145 Å². The molecule has 24 heavy (non-hydrogen) atoms. The van der Waals surface area contributed by atoms with Crippen LogP contribution in [0.15, 0.2) is 24.3 Å². The number of hydrogen-bond donors (Lipinski definition) is 0. The number of rotatable bonds is 5. The van der Waals surface area contributed by atoms with Gasteiger partial charge >= 0.3 is 0 Å². The molecule has 0 N–H and O–H groups in total. The Hall–Kier alpha value is -1.55. The molecule has 2 aliphatic heterocycles. The maximum atomic E-state index is 12.9. The number of carbonyl (C=O) groups is 1. The zero-order valence-corrected chi connectivity index (χ0v) is 14.9. The van der Waals surface area contributed by atoms with Crippen molar-refractivity contribution in [2.24, 2.45) is 0 Å². The topological polar surface area (TPSA) is 32.8 Å². The third kappa shape index (κ3) is 4.10. The van der Waals surface area contributed by atoms with Gasteiger partial charge in [0, 0.05) is 50.6 Å². The van der Waals surface area contributed by atoms with E-state index in [2.05, 4.69) is 21.9 Å². The lowest BCUT2D eigenvalue weighted by atomic mass is 9.98. The number of anilines is 1. The van der Waals surface area contributed by atoms with Crippen LogP contribution in [0.25, 0.3) is 0 Å². The quantitative estimate of drug-likeness (QED) is 0.825. The second kappa shape index (κ2) is 8.52. The Bertz CT molecular complexity index is 523. The first-order valence-electron chi connectivity index (χ1n) is 9.44. The van der Waals surface area contributed by atoms with E-state index in [0.717, 1.165) is 51.1 Å². The van der Waals surface area contributed by atoms with Crippen LogP contribution < -0.4 is 4.90 Å². The van der Waals surface area contributed by atoms with Gasteiger partial charge in [0.1, 0.15) is 0 Å². The summed E-state index contributed by atoms with van der Waals surface area (Å²) in [5.41, 5.74) is 2.07. The lowest BCUT2D eigenvalue weighted by molar-refractivity contribution is 0.0553. The maximum Gasteiger partial charge on any atom is 0.254 e. The minimum absolute atomic E-state index is 0.181. The number of nitrogens with zero attached hydrogens (tertiary/aromatic N) is 2. The van der Waals surface area contributed by atoms with Gasteiger partial charge in [0.05, 0.1) is 0 Å². The summed E-state index contributed by atoms with van der Waals surface area (Å²) in [5.74, 6) is 0.181. The number of hydrogen-bond acceptors (Lipinski definition) is 3. The van der Waals surface area contributed by atoms with Gasteiger partial charge in [-0.1, -0.05) is 0 Å². The Kier molecular flexibility index (Phi) is 6.13. The highest BCUT2D eigenvalue weighted by molar-refractivity contribution is 5.94. The largest absolute Gasteiger partial charge is 0.385 e. The molecule has 1 amide bonds. The monoisotopic (exact) mass is 330 g/mol. The predicted octanol–water partition coefficient (Wildman–Crippen LogP) is 3.71. The first kappa shape index (κ1) is 17.3. The van der Waals surface area contributed by atoms with Crippen LogP contribution in [-0.2, 0) is 4.74 Å². The molecule has 0 spiro atoms. The first-order chi connectivity index (χ1) is 11.8. The first-order valence-corrected chi connectivity index (χ1v) is 9.44. The van der Waals surface area contributed by atoms with Gasteiger partial charge in [-0.3, -0.25) is 4.79 Å². The van der Waals surface area contributed by atoms with Crippen LogP contribution in [-0.4, -0.2) is 50.2 Å². The van der Waals surface area contributed by atoms with Crippen molar-refractivity contribution in [1.82, 2.24) is 4.90 Å². The van der Waals surface area contributed by atoms with E-state index in [1.165, 1.54) is 31.4 Å². The minimum atomic E-state index is 0.181. The fourth-order valence-electron chi connectivity index (χ4n) is 3.95. The smallest absolute Gasteiger partial charge is 0.254 e. The van der Waals surface area contributed by atoms with Crippen LogP contribution in [0.4, 0.5) is 5.69 Å². The van der Waals surface area contributed by atoms with Crippen LogP contribution in [0, 0.1) is 0 Å². The van der Waals surface area contributed by atoms with Crippen LogP contribution >= 0.6 is 0 Å². The Morgan fingerprint density at radius 1 is 1.04 bits per heavy atom. The van der Waals surface area contributed by atoms with Gasteiger partial charge in [-0.2, -0.15) is 0 Å². The summed E-state index contributed by atoms with van der Waals surface area (Å²) >= 11 is 0. The molecule has 4 nitrogen and oxygen atoms in total. The number of benzene rings is 1. The second-order valence-electron chi connectivity index (χ2n) is 7.02. The van der Waals surface area contributed by atoms with Crippen LogP contribution in [0.1, 0.15) is 55.3 Å². The molecule has 2 fully saturated rings. The van der Waals surface area contributed by atoms with Gasteiger partial charge in [0.25, 0.3) is 5.91 Å². The summed E-state index contributed by atoms with van der Waals surface area (Å²) in [6, 6.07) is 8.58. The number of methoxy groups -OCH3 is 1. The van der Waals surface area contributed by atoms with Crippen molar-refractivity contribution < 1.29 is 9.53 Å². The Balaban J connectivity index is 1.66. The molecular weight excluding hydrogens is 300 g/mol. The van der Waals surface area contributed by atoms with Crippen molar-refractivity contribution in [3.05, 3.63) is 29.8 Å². The normalized spacial score (nSPS) is 21.8. The molecule has 0 unspecified atom stereocenters. The fourth-order valence-corrected chi connectivity index (χ4v) is 3.95. The van der Waals surface area contributed by atoms with Gasteiger partial charge in [0.15, 0.2) is 0 Å². The zero-order valence-electron chi connectivity index (χ0n) is 14.9. The number of amides is 1. The second-order valence-corrected chi connectivity index (χ2v) is 7.02. The van der Waals surface area contributed by atoms with Gasteiger partial charge in [-0.15, -0.1) is 0 Å². The van der Waals surface area contributed by atoms with Crippen molar-refractivity contribution in [3.8, 4) is 0 Å². The summed E-state index contributed by atoms with van der Waals surface area (Å²) in [5, 5.41) is 0. The van der Waals surface area contributed by atoms with E-state index >= 15 is 0 Å². The SMILES string of the molecule is COCC[C@H]1CCCCN1C(=O)c1ccc(N2CCCCC2)cc1. The maximum absolute atomic E-state index is 12.9. The van der Waals surface area contributed by atoms with E-state index < -0.39 is 0 Å². The van der Waals surface area contributed by atoms with Crippen molar-refractivity contribution in [2.75, 3.05) is 38.3 Å². The molecule has 132 valence electrons. The van der Waals surface area contributed by atoms with E-state index in [9.17, 15) is 4.79 Å². The molecule has 0 aliphatic carbocycles. The molecule has 0 bridgehead atoms. The van der Waals surface area contributed by atoms with Crippen molar-refractivity contribution >= 4 is 11.6 Å².